The van der Waals surface area contributed by atoms with Crippen molar-refractivity contribution < 1.29 is 14.3 Å². The summed E-state index contributed by atoms with van der Waals surface area (Å²) in [7, 11) is 0. The smallest absolute Gasteiger partial charge is 0.338 e. The van der Waals surface area contributed by atoms with Gasteiger partial charge in [0.2, 0.25) is 0 Å². The largest absolute Gasteiger partial charge is 0.462 e. The molecule has 0 aliphatic carbocycles. The summed E-state index contributed by atoms with van der Waals surface area (Å²) in [5.41, 5.74) is 2.88. The molecule has 0 fully saturated rings. The highest BCUT2D eigenvalue weighted by Gasteiger charge is 2.12. The van der Waals surface area contributed by atoms with E-state index in [9.17, 15) is 14.9 Å². The SMILES string of the molecule is CC(C)COC(=O)c1ccc(NC(=O)C(C#N)=Cc2ccc(C(C)C)cc2)cc1. The Morgan fingerprint density at radius 1 is 1.03 bits per heavy atom. The molecular formula is C24H26N2O3. The van der Waals surface area contributed by atoms with E-state index in [1.165, 1.54) is 5.56 Å². The average molecular weight is 390 g/mol. The fourth-order valence-corrected chi connectivity index (χ4v) is 2.51. The summed E-state index contributed by atoms with van der Waals surface area (Å²) >= 11 is 0. The molecule has 0 aliphatic rings. The lowest BCUT2D eigenvalue weighted by atomic mass is 10.0. The first kappa shape index (κ1) is 21.9. The van der Waals surface area contributed by atoms with Crippen molar-refractivity contribution in [1.82, 2.24) is 0 Å². The van der Waals surface area contributed by atoms with E-state index in [1.54, 1.807) is 30.3 Å². The molecule has 0 unspecified atom stereocenters. The van der Waals surface area contributed by atoms with Crippen molar-refractivity contribution >= 4 is 23.6 Å². The van der Waals surface area contributed by atoms with Crippen molar-refractivity contribution in [1.29, 1.82) is 5.26 Å². The number of hydrogen-bond donors (Lipinski definition) is 1. The Balaban J connectivity index is 2.05. The Kier molecular flexibility index (Phi) is 7.73. The molecule has 0 atom stereocenters. The predicted molar refractivity (Wildman–Crippen MR) is 114 cm³/mol. The van der Waals surface area contributed by atoms with Crippen LogP contribution in [0.1, 0.15) is 55.1 Å². The fourth-order valence-electron chi connectivity index (χ4n) is 2.51. The zero-order valence-corrected chi connectivity index (χ0v) is 17.2. The molecule has 0 bridgehead atoms. The third-order valence-corrected chi connectivity index (χ3v) is 4.21. The summed E-state index contributed by atoms with van der Waals surface area (Å²) in [4.78, 5) is 24.4. The third kappa shape index (κ3) is 6.62. The van der Waals surface area contributed by atoms with E-state index in [-0.39, 0.29) is 11.5 Å². The lowest BCUT2D eigenvalue weighted by Crippen LogP contribution is -2.14. The van der Waals surface area contributed by atoms with Crippen molar-refractivity contribution in [2.45, 2.75) is 33.6 Å². The molecule has 2 aromatic carbocycles. The minimum absolute atomic E-state index is 0.00252. The summed E-state index contributed by atoms with van der Waals surface area (Å²) < 4.78 is 5.18. The number of rotatable bonds is 7. The van der Waals surface area contributed by atoms with Gasteiger partial charge in [0.15, 0.2) is 0 Å². The van der Waals surface area contributed by atoms with Gasteiger partial charge in [0.25, 0.3) is 5.91 Å². The van der Waals surface area contributed by atoms with E-state index < -0.39 is 11.9 Å². The number of nitriles is 1. The summed E-state index contributed by atoms with van der Waals surface area (Å²) in [6.45, 7) is 8.49. The van der Waals surface area contributed by atoms with Crippen LogP contribution in [0.25, 0.3) is 6.08 Å². The lowest BCUT2D eigenvalue weighted by Gasteiger charge is -2.08. The Bertz CT molecular complexity index is 918. The molecule has 2 rings (SSSR count). The quantitative estimate of drug-likeness (QED) is 0.402. The van der Waals surface area contributed by atoms with Crippen molar-refractivity contribution in [2.75, 3.05) is 11.9 Å². The zero-order valence-electron chi connectivity index (χ0n) is 17.2. The molecule has 2 aromatic rings. The van der Waals surface area contributed by atoms with E-state index in [0.29, 0.717) is 23.8 Å². The van der Waals surface area contributed by atoms with E-state index >= 15 is 0 Å². The van der Waals surface area contributed by atoms with E-state index in [2.05, 4.69) is 19.2 Å². The van der Waals surface area contributed by atoms with Crippen LogP contribution >= 0.6 is 0 Å². The van der Waals surface area contributed by atoms with Gasteiger partial charge in [0.05, 0.1) is 12.2 Å². The minimum atomic E-state index is -0.504. The summed E-state index contributed by atoms with van der Waals surface area (Å²) in [5, 5.41) is 12.0. The highest BCUT2D eigenvalue weighted by atomic mass is 16.5. The Labute approximate surface area is 172 Å². The van der Waals surface area contributed by atoms with Crippen LogP contribution in [-0.4, -0.2) is 18.5 Å². The van der Waals surface area contributed by atoms with Crippen LogP contribution in [0.3, 0.4) is 0 Å². The van der Waals surface area contributed by atoms with E-state index in [0.717, 1.165) is 5.56 Å². The second-order valence-electron chi connectivity index (χ2n) is 7.51. The Morgan fingerprint density at radius 3 is 2.17 bits per heavy atom. The van der Waals surface area contributed by atoms with Crippen molar-refractivity contribution in [3.8, 4) is 6.07 Å². The third-order valence-electron chi connectivity index (χ3n) is 4.21. The number of nitrogens with one attached hydrogen (secondary N) is 1. The van der Waals surface area contributed by atoms with Gasteiger partial charge in [0.1, 0.15) is 11.6 Å². The van der Waals surface area contributed by atoms with Gasteiger partial charge < -0.3 is 10.1 Å². The van der Waals surface area contributed by atoms with Crippen molar-refractivity contribution in [2.24, 2.45) is 5.92 Å². The summed E-state index contributed by atoms with van der Waals surface area (Å²) in [5.74, 6) is -0.234. The first-order valence-corrected chi connectivity index (χ1v) is 9.60. The van der Waals surface area contributed by atoms with Gasteiger partial charge in [-0.25, -0.2) is 4.79 Å². The Hall–Kier alpha value is -3.39. The number of benzene rings is 2. The van der Waals surface area contributed by atoms with Crippen LogP contribution < -0.4 is 5.32 Å². The fraction of sp³-hybridized carbons (Fsp3) is 0.292. The molecule has 0 saturated heterocycles. The highest BCUT2D eigenvalue weighted by molar-refractivity contribution is 6.09. The molecule has 0 radical (unpaired) electrons. The number of carbonyl (C=O) groups is 2. The Morgan fingerprint density at radius 2 is 1.66 bits per heavy atom. The van der Waals surface area contributed by atoms with Gasteiger partial charge in [0, 0.05) is 5.69 Å². The van der Waals surface area contributed by atoms with Gasteiger partial charge in [-0.1, -0.05) is 52.0 Å². The van der Waals surface area contributed by atoms with Crippen molar-refractivity contribution in [3.05, 3.63) is 70.8 Å². The zero-order chi connectivity index (χ0) is 21.4. The number of nitrogens with zero attached hydrogens (tertiary/aromatic N) is 1. The summed E-state index contributed by atoms with van der Waals surface area (Å²) in [6.07, 6.45) is 1.55. The molecule has 5 heteroatoms. The first-order valence-electron chi connectivity index (χ1n) is 9.60. The second-order valence-corrected chi connectivity index (χ2v) is 7.51. The average Bonchev–Trinajstić information content (AvgIpc) is 2.71. The number of esters is 1. The number of anilines is 1. The van der Waals surface area contributed by atoms with Crippen LogP contribution in [0.5, 0.6) is 0 Å². The number of hydrogen-bond acceptors (Lipinski definition) is 4. The number of carbonyl (C=O) groups excluding carboxylic acids is 2. The molecular weight excluding hydrogens is 364 g/mol. The number of amides is 1. The molecule has 0 heterocycles. The maximum absolute atomic E-state index is 12.4. The van der Waals surface area contributed by atoms with Crippen LogP contribution in [-0.2, 0) is 9.53 Å². The van der Waals surface area contributed by atoms with Gasteiger partial charge in [-0.05, 0) is 53.3 Å². The monoisotopic (exact) mass is 390 g/mol. The topological polar surface area (TPSA) is 79.2 Å². The minimum Gasteiger partial charge on any atom is -0.462 e. The number of ether oxygens (including phenoxy) is 1. The van der Waals surface area contributed by atoms with Crippen molar-refractivity contribution in [3.63, 3.8) is 0 Å². The second kappa shape index (κ2) is 10.2. The van der Waals surface area contributed by atoms with Crippen LogP contribution in [0.2, 0.25) is 0 Å². The summed E-state index contributed by atoms with van der Waals surface area (Å²) in [6, 6.07) is 16.1. The normalized spacial score (nSPS) is 11.3. The highest BCUT2D eigenvalue weighted by Crippen LogP contribution is 2.17. The van der Waals surface area contributed by atoms with Crippen LogP contribution in [0.4, 0.5) is 5.69 Å². The maximum Gasteiger partial charge on any atom is 0.338 e. The van der Waals surface area contributed by atoms with Gasteiger partial charge >= 0.3 is 5.97 Å². The first-order chi connectivity index (χ1) is 13.8. The molecule has 0 saturated carbocycles. The van der Waals surface area contributed by atoms with E-state index in [4.69, 9.17) is 4.74 Å². The maximum atomic E-state index is 12.4. The molecule has 1 N–H and O–H groups in total. The molecule has 0 aliphatic heterocycles. The molecule has 29 heavy (non-hydrogen) atoms. The van der Waals surface area contributed by atoms with Gasteiger partial charge in [-0.2, -0.15) is 5.26 Å². The lowest BCUT2D eigenvalue weighted by molar-refractivity contribution is -0.112. The molecule has 0 aromatic heterocycles. The van der Waals surface area contributed by atoms with Gasteiger partial charge in [-0.3, -0.25) is 4.79 Å². The molecule has 0 spiro atoms. The standard InChI is InChI=1S/C24H26N2O3/c1-16(2)15-29-24(28)20-9-11-22(12-10-20)26-23(27)21(14-25)13-18-5-7-19(8-6-18)17(3)4/h5-13,16-17H,15H2,1-4H3,(H,26,27). The van der Waals surface area contributed by atoms with Crippen LogP contribution in [0, 0.1) is 17.2 Å². The van der Waals surface area contributed by atoms with E-state index in [1.807, 2.05) is 44.2 Å². The van der Waals surface area contributed by atoms with Gasteiger partial charge in [-0.15, -0.1) is 0 Å². The predicted octanol–water partition coefficient (Wildman–Crippen LogP) is 5.17. The van der Waals surface area contributed by atoms with Crippen LogP contribution in [0.15, 0.2) is 54.1 Å². The molecule has 150 valence electrons. The molecule has 1 amide bonds. The molecule has 5 nitrogen and oxygen atoms in total.